The van der Waals surface area contributed by atoms with Crippen LogP contribution in [0.5, 0.6) is 0 Å². The van der Waals surface area contributed by atoms with Crippen LogP contribution in [0.3, 0.4) is 0 Å². The van der Waals surface area contributed by atoms with Crippen molar-refractivity contribution >= 4 is 17.8 Å². The van der Waals surface area contributed by atoms with Crippen molar-refractivity contribution in [2.75, 3.05) is 18.0 Å². The van der Waals surface area contributed by atoms with E-state index < -0.39 is 18.1 Å². The molecule has 1 aromatic rings. The summed E-state index contributed by atoms with van der Waals surface area (Å²) in [7, 11) is 0. The van der Waals surface area contributed by atoms with Crippen molar-refractivity contribution in [3.63, 3.8) is 0 Å². The van der Waals surface area contributed by atoms with Gasteiger partial charge in [-0.2, -0.15) is 18.4 Å². The fourth-order valence-electron chi connectivity index (χ4n) is 2.97. The molecular weight excluding hydrogens is 351 g/mol. The number of carbonyl (C=O) groups excluding carboxylic acids is 2. The third-order valence-electron chi connectivity index (χ3n) is 4.24. The maximum atomic E-state index is 12.1. The number of hydrogen-bond donors (Lipinski definition) is 0. The highest BCUT2D eigenvalue weighted by molar-refractivity contribution is 5.88. The normalized spacial score (nSPS) is 15.5. The fourth-order valence-corrected chi connectivity index (χ4v) is 2.97. The molecule has 0 N–H and O–H groups in total. The minimum absolute atomic E-state index is 0.184. The summed E-state index contributed by atoms with van der Waals surface area (Å²) in [6.07, 6.45) is -4.38. The first-order chi connectivity index (χ1) is 12.1. The molecule has 26 heavy (non-hydrogen) atoms. The third-order valence-corrected chi connectivity index (χ3v) is 4.24. The molecule has 0 atom stereocenters. The summed E-state index contributed by atoms with van der Waals surface area (Å²) in [4.78, 5) is 28.5. The Labute approximate surface area is 148 Å². The molecule has 0 aromatic carbocycles. The maximum absolute atomic E-state index is 12.1. The Morgan fingerprint density at radius 1 is 1.35 bits per heavy atom. The Morgan fingerprint density at radius 3 is 2.50 bits per heavy atom. The van der Waals surface area contributed by atoms with Crippen LogP contribution in [0.25, 0.3) is 0 Å². The van der Waals surface area contributed by atoms with E-state index in [-0.39, 0.29) is 12.3 Å². The molecule has 1 fully saturated rings. The van der Waals surface area contributed by atoms with Gasteiger partial charge < -0.3 is 9.64 Å². The maximum Gasteiger partial charge on any atom is 0.491 e. The molecule has 140 valence electrons. The van der Waals surface area contributed by atoms with Crippen LogP contribution < -0.4 is 4.90 Å². The number of esters is 2. The van der Waals surface area contributed by atoms with Crippen LogP contribution in [0.2, 0.25) is 0 Å². The Hall–Kier alpha value is -2.63. The number of nitrogens with zero attached hydrogens (tertiary/aromatic N) is 3. The second kappa shape index (κ2) is 7.72. The van der Waals surface area contributed by atoms with Gasteiger partial charge in [-0.3, -0.25) is 4.79 Å². The molecule has 1 aliphatic heterocycles. The number of anilines is 1. The number of carbonyl (C=O) groups is 2. The lowest BCUT2D eigenvalue weighted by Crippen LogP contribution is -2.36. The first kappa shape index (κ1) is 19.7. The lowest BCUT2D eigenvalue weighted by atomic mass is 9.93. The summed E-state index contributed by atoms with van der Waals surface area (Å²) in [5.74, 6) is -3.26. The zero-order valence-electron chi connectivity index (χ0n) is 14.4. The molecule has 0 spiro atoms. The Kier molecular flexibility index (Phi) is 5.85. The summed E-state index contributed by atoms with van der Waals surface area (Å²) < 4.78 is 40.1. The number of piperidine rings is 1. The molecule has 9 heteroatoms. The summed E-state index contributed by atoms with van der Waals surface area (Å²) >= 11 is 0. The fraction of sp³-hybridized carbons (Fsp3) is 0.529. The smallest absolute Gasteiger partial charge is 0.386 e. The number of halogens is 3. The zero-order valence-corrected chi connectivity index (χ0v) is 14.4. The van der Waals surface area contributed by atoms with E-state index in [1.165, 1.54) is 0 Å². The number of nitriles is 1. The molecule has 0 aliphatic carbocycles. The van der Waals surface area contributed by atoms with Crippen LogP contribution in [0, 0.1) is 31.1 Å². The van der Waals surface area contributed by atoms with Gasteiger partial charge in [-0.1, -0.05) is 0 Å². The van der Waals surface area contributed by atoms with E-state index in [2.05, 4.69) is 15.8 Å². The van der Waals surface area contributed by atoms with Crippen LogP contribution in [-0.2, 0) is 14.3 Å². The molecule has 0 amide bonds. The highest BCUT2D eigenvalue weighted by Crippen LogP contribution is 2.28. The van der Waals surface area contributed by atoms with E-state index >= 15 is 0 Å². The van der Waals surface area contributed by atoms with Crippen molar-refractivity contribution in [3.05, 3.63) is 22.9 Å². The van der Waals surface area contributed by atoms with Crippen LogP contribution in [0.4, 0.5) is 19.0 Å². The molecule has 6 nitrogen and oxygen atoms in total. The SMILES string of the molecule is Cc1cc(C)c(C#N)c(N2CCC(CC(=O)OC(=O)C(F)(F)F)CC2)n1. The van der Waals surface area contributed by atoms with E-state index in [1.54, 1.807) is 0 Å². The molecule has 0 bridgehead atoms. The van der Waals surface area contributed by atoms with Crippen molar-refractivity contribution in [1.29, 1.82) is 5.26 Å². The lowest BCUT2D eigenvalue weighted by molar-refractivity contribution is -0.202. The molecule has 0 radical (unpaired) electrons. The van der Waals surface area contributed by atoms with Crippen molar-refractivity contribution in [2.45, 2.75) is 39.3 Å². The molecular formula is C17H18F3N3O3. The molecule has 1 saturated heterocycles. The molecule has 2 rings (SSSR count). The highest BCUT2D eigenvalue weighted by atomic mass is 19.4. The minimum atomic E-state index is -5.18. The summed E-state index contributed by atoms with van der Waals surface area (Å²) in [6.45, 7) is 4.68. The Bertz CT molecular complexity index is 748. The zero-order chi connectivity index (χ0) is 19.5. The first-order valence-corrected chi connectivity index (χ1v) is 8.07. The molecule has 1 aromatic heterocycles. The highest BCUT2D eigenvalue weighted by Gasteiger charge is 2.42. The van der Waals surface area contributed by atoms with E-state index in [1.807, 2.05) is 24.8 Å². The van der Waals surface area contributed by atoms with Crippen LogP contribution >= 0.6 is 0 Å². The molecule has 1 aliphatic rings. The third kappa shape index (κ3) is 4.71. The van der Waals surface area contributed by atoms with Gasteiger partial charge in [-0.05, 0) is 44.2 Å². The Balaban J connectivity index is 1.95. The van der Waals surface area contributed by atoms with Gasteiger partial charge in [-0.25, -0.2) is 9.78 Å². The molecule has 2 heterocycles. The van der Waals surface area contributed by atoms with Gasteiger partial charge in [0.1, 0.15) is 11.9 Å². The van der Waals surface area contributed by atoms with E-state index in [4.69, 9.17) is 0 Å². The van der Waals surface area contributed by atoms with Crippen molar-refractivity contribution in [2.24, 2.45) is 5.92 Å². The van der Waals surface area contributed by atoms with E-state index in [9.17, 15) is 28.0 Å². The molecule has 0 saturated carbocycles. The predicted molar refractivity (Wildman–Crippen MR) is 85.1 cm³/mol. The second-order valence-corrected chi connectivity index (χ2v) is 6.28. The number of pyridine rings is 1. The quantitative estimate of drug-likeness (QED) is 0.602. The number of rotatable bonds is 3. The first-order valence-electron chi connectivity index (χ1n) is 8.07. The van der Waals surface area contributed by atoms with Crippen LogP contribution in [0.1, 0.15) is 36.1 Å². The number of aromatic nitrogens is 1. The minimum Gasteiger partial charge on any atom is -0.386 e. The van der Waals surface area contributed by atoms with E-state index in [0.717, 1.165) is 11.3 Å². The average molecular weight is 369 g/mol. The van der Waals surface area contributed by atoms with Crippen molar-refractivity contribution in [3.8, 4) is 6.07 Å². The van der Waals surface area contributed by atoms with Gasteiger partial charge in [0.05, 0.1) is 5.56 Å². The number of ether oxygens (including phenoxy) is 1. The second-order valence-electron chi connectivity index (χ2n) is 6.28. The topological polar surface area (TPSA) is 83.3 Å². The van der Waals surface area contributed by atoms with Crippen LogP contribution in [0.15, 0.2) is 6.07 Å². The van der Waals surface area contributed by atoms with Gasteiger partial charge in [0.15, 0.2) is 0 Å². The number of alkyl halides is 3. The van der Waals surface area contributed by atoms with Gasteiger partial charge >= 0.3 is 18.1 Å². The Morgan fingerprint density at radius 2 is 1.96 bits per heavy atom. The van der Waals surface area contributed by atoms with Gasteiger partial charge in [0, 0.05) is 25.2 Å². The lowest BCUT2D eigenvalue weighted by Gasteiger charge is -2.33. The number of aryl methyl sites for hydroxylation is 2. The van der Waals surface area contributed by atoms with Gasteiger partial charge in [0.2, 0.25) is 0 Å². The standard InChI is InChI=1S/C17H18F3N3O3/c1-10-7-11(2)22-15(13(10)9-21)23-5-3-12(4-6-23)8-14(24)26-16(25)17(18,19)20/h7,12H,3-6,8H2,1-2H3. The summed E-state index contributed by atoms with van der Waals surface area (Å²) in [5, 5.41) is 9.34. The summed E-state index contributed by atoms with van der Waals surface area (Å²) in [6, 6.07) is 3.97. The van der Waals surface area contributed by atoms with E-state index in [0.29, 0.717) is 37.3 Å². The van der Waals surface area contributed by atoms with Crippen molar-refractivity contribution < 1.29 is 27.5 Å². The molecule has 0 unspecified atom stereocenters. The largest absolute Gasteiger partial charge is 0.491 e. The predicted octanol–water partition coefficient (Wildman–Crippen LogP) is 2.81. The van der Waals surface area contributed by atoms with Gasteiger partial charge in [0.25, 0.3) is 0 Å². The summed E-state index contributed by atoms with van der Waals surface area (Å²) in [5.41, 5.74) is 2.10. The monoisotopic (exact) mass is 369 g/mol. The van der Waals surface area contributed by atoms with Gasteiger partial charge in [-0.15, -0.1) is 0 Å². The average Bonchev–Trinajstić information content (AvgIpc) is 2.54. The van der Waals surface area contributed by atoms with Crippen molar-refractivity contribution in [1.82, 2.24) is 4.98 Å². The van der Waals surface area contributed by atoms with Crippen LogP contribution in [-0.4, -0.2) is 36.2 Å². The number of hydrogen-bond acceptors (Lipinski definition) is 6.